The molecule has 0 unspecified atom stereocenters. The van der Waals surface area contributed by atoms with Crippen molar-refractivity contribution in [3.63, 3.8) is 0 Å². The predicted octanol–water partition coefficient (Wildman–Crippen LogP) is 6.22. The van der Waals surface area contributed by atoms with Gasteiger partial charge in [0.15, 0.2) is 11.6 Å². The molecule has 2 aromatic heterocycles. The maximum atomic E-state index is 12.6. The molecule has 0 spiro atoms. The number of nitro groups is 1. The first kappa shape index (κ1) is 23.6. The summed E-state index contributed by atoms with van der Waals surface area (Å²) in [5.74, 6) is 0.223. The third-order valence-electron chi connectivity index (χ3n) is 4.62. The minimum atomic E-state index is -0.556. The van der Waals surface area contributed by atoms with Crippen molar-refractivity contribution in [2.45, 2.75) is 13.2 Å². The van der Waals surface area contributed by atoms with Crippen LogP contribution in [0, 0.1) is 10.1 Å². The molecule has 0 bridgehead atoms. The van der Waals surface area contributed by atoms with Crippen molar-refractivity contribution in [1.29, 1.82) is 0 Å². The topological polar surface area (TPSA) is 112 Å². The number of halogens is 3. The first-order chi connectivity index (χ1) is 16.3. The van der Waals surface area contributed by atoms with Crippen LogP contribution in [0.15, 0.2) is 65.2 Å². The summed E-state index contributed by atoms with van der Waals surface area (Å²) >= 11 is 18.4. The van der Waals surface area contributed by atoms with Gasteiger partial charge in [-0.2, -0.15) is 5.10 Å². The van der Waals surface area contributed by atoms with Gasteiger partial charge < -0.3 is 14.5 Å². The van der Waals surface area contributed by atoms with Crippen LogP contribution in [0.4, 0.5) is 11.5 Å². The molecule has 9 nitrogen and oxygen atoms in total. The largest absolute Gasteiger partial charge is 0.484 e. The Kier molecular flexibility index (Phi) is 7.06. The zero-order chi connectivity index (χ0) is 24.2. The molecule has 1 amide bonds. The standard InChI is InChI=1S/C22H15Cl3N4O5/c23-16-4-2-1-3-13(16)10-28-11-18(25)21(27-28)26-22(30)20-8-6-15(34-20)12-33-19-7-5-14(29(31)32)9-17(19)24/h1-9,11H,10,12H2,(H,26,27,30). The zero-order valence-corrected chi connectivity index (χ0v) is 19.5. The van der Waals surface area contributed by atoms with Gasteiger partial charge in [-0.3, -0.25) is 19.6 Å². The molecule has 0 fully saturated rings. The Morgan fingerprint density at radius 1 is 1.09 bits per heavy atom. The Bertz CT molecular complexity index is 1370. The van der Waals surface area contributed by atoms with Crippen LogP contribution in [0.5, 0.6) is 5.75 Å². The first-order valence-corrected chi connectivity index (χ1v) is 10.9. The second kappa shape index (κ2) is 10.2. The summed E-state index contributed by atoms with van der Waals surface area (Å²) in [6, 6.07) is 14.2. The van der Waals surface area contributed by atoms with Crippen LogP contribution in [0.1, 0.15) is 21.9 Å². The highest BCUT2D eigenvalue weighted by molar-refractivity contribution is 6.33. The minimum Gasteiger partial charge on any atom is -0.484 e. The monoisotopic (exact) mass is 520 g/mol. The first-order valence-electron chi connectivity index (χ1n) is 9.73. The summed E-state index contributed by atoms with van der Waals surface area (Å²) in [7, 11) is 0. The average molecular weight is 522 g/mol. The molecule has 0 aliphatic heterocycles. The Morgan fingerprint density at radius 3 is 2.62 bits per heavy atom. The highest BCUT2D eigenvalue weighted by Gasteiger charge is 2.17. The molecule has 34 heavy (non-hydrogen) atoms. The molecule has 0 radical (unpaired) electrons. The van der Waals surface area contributed by atoms with Crippen LogP contribution in [-0.2, 0) is 13.2 Å². The second-order valence-electron chi connectivity index (χ2n) is 7.00. The van der Waals surface area contributed by atoms with Gasteiger partial charge >= 0.3 is 0 Å². The number of anilines is 1. The van der Waals surface area contributed by atoms with Gasteiger partial charge in [0, 0.05) is 23.4 Å². The molecule has 0 atom stereocenters. The zero-order valence-electron chi connectivity index (χ0n) is 17.2. The number of hydrogen-bond acceptors (Lipinski definition) is 6. The van der Waals surface area contributed by atoms with Gasteiger partial charge in [0.1, 0.15) is 23.1 Å². The maximum absolute atomic E-state index is 12.6. The SMILES string of the molecule is O=C(Nc1nn(Cc2ccccc2Cl)cc1Cl)c1ccc(COc2ccc([N+](=O)[O-])cc2Cl)o1. The van der Waals surface area contributed by atoms with Crippen molar-refractivity contribution in [3.8, 4) is 5.75 Å². The summed E-state index contributed by atoms with van der Waals surface area (Å²) in [5, 5.41) is 18.6. The fourth-order valence-corrected chi connectivity index (χ4v) is 3.60. The van der Waals surface area contributed by atoms with E-state index in [4.69, 9.17) is 44.0 Å². The number of nitrogens with zero attached hydrogens (tertiary/aromatic N) is 3. The van der Waals surface area contributed by atoms with Crippen LogP contribution in [0.25, 0.3) is 0 Å². The highest BCUT2D eigenvalue weighted by atomic mass is 35.5. The van der Waals surface area contributed by atoms with Gasteiger partial charge in [0.25, 0.3) is 11.6 Å². The van der Waals surface area contributed by atoms with Crippen molar-refractivity contribution >= 4 is 52.2 Å². The number of rotatable bonds is 8. The molecule has 12 heteroatoms. The van der Waals surface area contributed by atoms with Gasteiger partial charge in [-0.05, 0) is 29.8 Å². The van der Waals surface area contributed by atoms with E-state index in [0.717, 1.165) is 5.56 Å². The average Bonchev–Trinajstić information content (AvgIpc) is 3.41. The Balaban J connectivity index is 1.38. The molecule has 2 heterocycles. The van der Waals surface area contributed by atoms with Gasteiger partial charge in [0.2, 0.25) is 0 Å². The number of carbonyl (C=O) groups is 1. The van der Waals surface area contributed by atoms with Gasteiger partial charge in [0.05, 0.1) is 16.5 Å². The highest BCUT2D eigenvalue weighted by Crippen LogP contribution is 2.29. The number of benzene rings is 2. The lowest BCUT2D eigenvalue weighted by Gasteiger charge is -2.06. The summed E-state index contributed by atoms with van der Waals surface area (Å²) in [6.07, 6.45) is 1.58. The molecular weight excluding hydrogens is 507 g/mol. The second-order valence-corrected chi connectivity index (χ2v) is 8.22. The van der Waals surface area contributed by atoms with Crippen LogP contribution in [-0.4, -0.2) is 20.6 Å². The number of non-ortho nitro benzene ring substituents is 1. The van der Waals surface area contributed by atoms with E-state index in [1.54, 1.807) is 23.0 Å². The number of furan rings is 1. The molecule has 4 aromatic rings. The molecule has 1 N–H and O–H groups in total. The number of ether oxygens (including phenoxy) is 1. The maximum Gasteiger partial charge on any atom is 0.292 e. The fraction of sp³-hybridized carbons (Fsp3) is 0.0909. The summed E-state index contributed by atoms with van der Waals surface area (Å²) in [4.78, 5) is 22.8. The lowest BCUT2D eigenvalue weighted by molar-refractivity contribution is -0.384. The molecule has 0 saturated heterocycles. The van der Waals surface area contributed by atoms with Crippen LogP contribution in [0.2, 0.25) is 15.1 Å². The minimum absolute atomic E-state index is 0.0186. The molecule has 0 aliphatic carbocycles. The lowest BCUT2D eigenvalue weighted by atomic mass is 10.2. The Labute approximate surface area is 207 Å². The van der Waals surface area contributed by atoms with E-state index < -0.39 is 10.8 Å². The Morgan fingerprint density at radius 2 is 1.88 bits per heavy atom. The molecule has 174 valence electrons. The molecule has 2 aromatic carbocycles. The van der Waals surface area contributed by atoms with Gasteiger partial charge in [-0.15, -0.1) is 0 Å². The predicted molar refractivity (Wildman–Crippen MR) is 127 cm³/mol. The van der Waals surface area contributed by atoms with Crippen LogP contribution >= 0.6 is 34.8 Å². The van der Waals surface area contributed by atoms with E-state index in [0.29, 0.717) is 17.3 Å². The third-order valence-corrected chi connectivity index (χ3v) is 5.56. The summed E-state index contributed by atoms with van der Waals surface area (Å²) < 4.78 is 12.6. The lowest BCUT2D eigenvalue weighted by Crippen LogP contribution is -2.12. The van der Waals surface area contributed by atoms with Crippen molar-refractivity contribution in [3.05, 3.63) is 103 Å². The summed E-state index contributed by atoms with van der Waals surface area (Å²) in [5.41, 5.74) is 0.701. The molecule has 0 aliphatic rings. The van der Waals surface area contributed by atoms with E-state index in [2.05, 4.69) is 10.4 Å². The van der Waals surface area contributed by atoms with E-state index in [1.807, 2.05) is 18.2 Å². The van der Waals surface area contributed by atoms with E-state index >= 15 is 0 Å². The van der Waals surface area contributed by atoms with Gasteiger partial charge in [-0.25, -0.2) is 0 Å². The smallest absolute Gasteiger partial charge is 0.292 e. The van der Waals surface area contributed by atoms with Gasteiger partial charge in [-0.1, -0.05) is 53.0 Å². The van der Waals surface area contributed by atoms with Crippen LogP contribution in [0.3, 0.4) is 0 Å². The molecule has 4 rings (SSSR count). The fourth-order valence-electron chi connectivity index (χ4n) is 2.98. The Hall–Kier alpha value is -3.53. The van der Waals surface area contributed by atoms with E-state index in [-0.39, 0.29) is 39.7 Å². The summed E-state index contributed by atoms with van der Waals surface area (Å²) in [6.45, 7) is 0.334. The van der Waals surface area contributed by atoms with Crippen molar-refractivity contribution in [2.75, 3.05) is 5.32 Å². The van der Waals surface area contributed by atoms with Crippen molar-refractivity contribution in [2.24, 2.45) is 0 Å². The number of nitro benzene ring substituents is 1. The third kappa shape index (κ3) is 5.51. The molecule has 0 saturated carbocycles. The van der Waals surface area contributed by atoms with Crippen molar-refractivity contribution < 1.29 is 18.9 Å². The number of nitrogens with one attached hydrogen (secondary N) is 1. The number of aromatic nitrogens is 2. The number of amides is 1. The molecular formula is C22H15Cl3N4O5. The van der Waals surface area contributed by atoms with Crippen LogP contribution < -0.4 is 10.1 Å². The number of hydrogen-bond donors (Lipinski definition) is 1. The van der Waals surface area contributed by atoms with E-state index in [9.17, 15) is 14.9 Å². The van der Waals surface area contributed by atoms with Crippen molar-refractivity contribution in [1.82, 2.24) is 9.78 Å². The number of carbonyl (C=O) groups excluding carboxylic acids is 1. The quantitative estimate of drug-likeness (QED) is 0.217. The normalized spacial score (nSPS) is 10.8. The van der Waals surface area contributed by atoms with E-state index in [1.165, 1.54) is 24.3 Å².